The lowest BCUT2D eigenvalue weighted by molar-refractivity contribution is -0.131. The van der Waals surface area contributed by atoms with Crippen molar-refractivity contribution in [2.45, 2.75) is 26.7 Å². The van der Waals surface area contributed by atoms with Gasteiger partial charge in [-0.1, -0.05) is 6.92 Å². The highest BCUT2D eigenvalue weighted by atomic mass is 16.7. The number of carbonyl (C=O) groups excluding carboxylic acids is 2. The first-order chi connectivity index (χ1) is 14.8. The van der Waals surface area contributed by atoms with Crippen LogP contribution in [0.5, 0.6) is 34.5 Å². The van der Waals surface area contributed by atoms with Crippen molar-refractivity contribution < 1.29 is 38.0 Å². The molecule has 0 radical (unpaired) electrons. The second-order valence-corrected chi connectivity index (χ2v) is 7.17. The Balaban J connectivity index is 2.27. The molecule has 0 N–H and O–H groups in total. The third-order valence-electron chi connectivity index (χ3n) is 5.28. The van der Waals surface area contributed by atoms with Gasteiger partial charge in [-0.25, -0.2) is 0 Å². The molecule has 8 nitrogen and oxygen atoms in total. The maximum atomic E-state index is 12.5. The predicted octanol–water partition coefficient (Wildman–Crippen LogP) is 3.72. The molecule has 0 saturated carbocycles. The van der Waals surface area contributed by atoms with Crippen molar-refractivity contribution in [3.05, 3.63) is 35.4 Å². The SMILES string of the molecule is COc1cc([C@H](c2cc3c(cc2OC(C)=O)OCO3)[C@H](C)C(C)=O)cc(OC)c1OC. The van der Waals surface area contributed by atoms with Crippen LogP contribution in [0, 0.1) is 5.92 Å². The van der Waals surface area contributed by atoms with E-state index in [1.807, 2.05) is 6.92 Å². The van der Waals surface area contributed by atoms with Gasteiger partial charge in [0.25, 0.3) is 0 Å². The van der Waals surface area contributed by atoms with Crippen LogP contribution in [-0.4, -0.2) is 39.9 Å². The van der Waals surface area contributed by atoms with Crippen molar-refractivity contribution in [1.29, 1.82) is 0 Å². The molecule has 3 rings (SSSR count). The zero-order chi connectivity index (χ0) is 22.7. The van der Waals surface area contributed by atoms with Crippen molar-refractivity contribution in [3.8, 4) is 34.5 Å². The van der Waals surface area contributed by atoms with Crippen molar-refractivity contribution in [3.63, 3.8) is 0 Å². The topological polar surface area (TPSA) is 89.5 Å². The fourth-order valence-electron chi connectivity index (χ4n) is 3.68. The summed E-state index contributed by atoms with van der Waals surface area (Å²) in [5.74, 6) is 1.15. The highest BCUT2D eigenvalue weighted by Crippen LogP contribution is 2.48. The monoisotopic (exact) mass is 430 g/mol. The molecule has 8 heteroatoms. The van der Waals surface area contributed by atoms with Gasteiger partial charge in [0.15, 0.2) is 23.0 Å². The second-order valence-electron chi connectivity index (χ2n) is 7.17. The molecule has 0 spiro atoms. The maximum Gasteiger partial charge on any atom is 0.308 e. The van der Waals surface area contributed by atoms with E-state index in [1.54, 1.807) is 24.3 Å². The zero-order valence-electron chi connectivity index (χ0n) is 18.4. The molecule has 0 fully saturated rings. The fourth-order valence-corrected chi connectivity index (χ4v) is 3.68. The van der Waals surface area contributed by atoms with Crippen molar-refractivity contribution >= 4 is 11.8 Å². The minimum absolute atomic E-state index is 0.0369. The molecule has 2 aromatic rings. The molecule has 31 heavy (non-hydrogen) atoms. The van der Waals surface area contributed by atoms with Gasteiger partial charge in [-0.3, -0.25) is 9.59 Å². The number of hydrogen-bond acceptors (Lipinski definition) is 8. The number of ether oxygens (including phenoxy) is 6. The molecular formula is C23H26O8. The molecule has 0 bridgehead atoms. The number of esters is 1. The van der Waals surface area contributed by atoms with E-state index in [0.29, 0.717) is 40.1 Å². The standard InChI is InChI=1S/C23H26O8/c1-12(13(2)24)22(15-7-20(26-4)23(28-6)21(8-15)27-5)16-9-18-19(30-11-29-18)10-17(16)31-14(3)25/h7-10,12,22H,11H2,1-6H3/t12-,22-/m1/s1. The average molecular weight is 430 g/mol. The Bertz CT molecular complexity index is 972. The van der Waals surface area contributed by atoms with Crippen molar-refractivity contribution in [1.82, 2.24) is 0 Å². The molecule has 0 amide bonds. The van der Waals surface area contributed by atoms with E-state index in [2.05, 4.69) is 0 Å². The summed E-state index contributed by atoms with van der Waals surface area (Å²) in [6.07, 6.45) is 0. The molecule has 166 valence electrons. The van der Waals surface area contributed by atoms with Crippen LogP contribution in [0.25, 0.3) is 0 Å². The van der Waals surface area contributed by atoms with Crippen LogP contribution in [0.3, 0.4) is 0 Å². The summed E-state index contributed by atoms with van der Waals surface area (Å²) in [6.45, 7) is 4.72. The Labute approximate surface area is 181 Å². The minimum Gasteiger partial charge on any atom is -0.493 e. The van der Waals surface area contributed by atoms with Gasteiger partial charge in [0.05, 0.1) is 21.3 Å². The van der Waals surface area contributed by atoms with E-state index >= 15 is 0 Å². The Morgan fingerprint density at radius 1 is 0.871 bits per heavy atom. The molecule has 1 aliphatic rings. The highest BCUT2D eigenvalue weighted by molar-refractivity contribution is 5.80. The van der Waals surface area contributed by atoms with Gasteiger partial charge in [0.2, 0.25) is 12.5 Å². The summed E-state index contributed by atoms with van der Waals surface area (Å²) >= 11 is 0. The number of benzene rings is 2. The van der Waals surface area contributed by atoms with Gasteiger partial charge in [-0.05, 0) is 30.7 Å². The van der Waals surface area contributed by atoms with Crippen LogP contribution >= 0.6 is 0 Å². The van der Waals surface area contributed by atoms with Gasteiger partial charge < -0.3 is 28.4 Å². The Morgan fingerprint density at radius 3 is 1.94 bits per heavy atom. The first kappa shape index (κ1) is 22.3. The molecule has 0 aromatic heterocycles. The summed E-state index contributed by atoms with van der Waals surface area (Å²) in [5, 5.41) is 0. The van der Waals surface area contributed by atoms with Crippen LogP contribution < -0.4 is 28.4 Å². The minimum atomic E-state index is -0.491. The maximum absolute atomic E-state index is 12.5. The number of carbonyl (C=O) groups is 2. The first-order valence-electron chi connectivity index (χ1n) is 9.73. The van der Waals surface area contributed by atoms with Crippen molar-refractivity contribution in [2.24, 2.45) is 5.92 Å². The number of Topliss-reactive ketones (excluding diaryl/α,β-unsaturated/α-hetero) is 1. The summed E-state index contributed by atoms with van der Waals surface area (Å²) in [5.41, 5.74) is 1.33. The van der Waals surface area contributed by atoms with E-state index in [-0.39, 0.29) is 12.6 Å². The molecule has 2 atom stereocenters. The molecule has 0 saturated heterocycles. The van der Waals surface area contributed by atoms with E-state index in [4.69, 9.17) is 28.4 Å². The molecule has 1 heterocycles. The normalized spacial score (nSPS) is 13.9. The molecular weight excluding hydrogens is 404 g/mol. The number of fused-ring (bicyclic) bond motifs is 1. The van der Waals surface area contributed by atoms with E-state index in [9.17, 15) is 9.59 Å². The van der Waals surface area contributed by atoms with Crippen LogP contribution in [0.4, 0.5) is 0 Å². The van der Waals surface area contributed by atoms with Crippen LogP contribution in [-0.2, 0) is 9.59 Å². The van der Waals surface area contributed by atoms with Gasteiger partial charge in [-0.2, -0.15) is 0 Å². The smallest absolute Gasteiger partial charge is 0.308 e. The zero-order valence-corrected chi connectivity index (χ0v) is 18.4. The van der Waals surface area contributed by atoms with E-state index in [1.165, 1.54) is 35.2 Å². The van der Waals surface area contributed by atoms with Gasteiger partial charge in [0.1, 0.15) is 11.5 Å². The van der Waals surface area contributed by atoms with E-state index < -0.39 is 17.8 Å². The van der Waals surface area contributed by atoms with Gasteiger partial charge >= 0.3 is 5.97 Å². The van der Waals surface area contributed by atoms with Crippen LogP contribution in [0.1, 0.15) is 37.8 Å². The summed E-state index contributed by atoms with van der Waals surface area (Å²) in [7, 11) is 4.57. The number of hydrogen-bond donors (Lipinski definition) is 0. The predicted molar refractivity (Wildman–Crippen MR) is 112 cm³/mol. The van der Waals surface area contributed by atoms with Crippen LogP contribution in [0.15, 0.2) is 24.3 Å². The summed E-state index contributed by atoms with van der Waals surface area (Å²) < 4.78 is 32.9. The lowest BCUT2D eigenvalue weighted by atomic mass is 9.79. The largest absolute Gasteiger partial charge is 0.493 e. The molecule has 2 aromatic carbocycles. The fraction of sp³-hybridized carbons (Fsp3) is 0.391. The molecule has 1 aliphatic heterocycles. The third kappa shape index (κ3) is 4.38. The number of ketones is 1. The van der Waals surface area contributed by atoms with Crippen LogP contribution in [0.2, 0.25) is 0 Å². The Hall–Kier alpha value is -3.42. The lowest BCUT2D eigenvalue weighted by Crippen LogP contribution is -2.20. The van der Waals surface area contributed by atoms with Crippen molar-refractivity contribution in [2.75, 3.05) is 28.1 Å². The first-order valence-corrected chi connectivity index (χ1v) is 9.73. The Kier molecular flexibility index (Phi) is 6.58. The quantitative estimate of drug-likeness (QED) is 0.462. The molecule has 0 aliphatic carbocycles. The second kappa shape index (κ2) is 9.16. The van der Waals surface area contributed by atoms with E-state index in [0.717, 1.165) is 5.56 Å². The summed E-state index contributed by atoms with van der Waals surface area (Å²) in [4.78, 5) is 24.3. The number of rotatable bonds is 8. The Morgan fingerprint density at radius 2 is 1.45 bits per heavy atom. The lowest BCUT2D eigenvalue weighted by Gasteiger charge is -2.26. The third-order valence-corrected chi connectivity index (χ3v) is 5.28. The summed E-state index contributed by atoms with van der Waals surface area (Å²) in [6, 6.07) is 6.92. The van der Waals surface area contributed by atoms with Gasteiger partial charge in [0, 0.05) is 30.4 Å². The number of methoxy groups -OCH3 is 3. The van der Waals surface area contributed by atoms with Gasteiger partial charge in [-0.15, -0.1) is 0 Å². The highest BCUT2D eigenvalue weighted by Gasteiger charge is 2.32. The molecule has 0 unspecified atom stereocenters. The average Bonchev–Trinajstić information content (AvgIpc) is 3.19.